The monoisotopic (exact) mass is 398 g/mol. The molecule has 0 rings (SSSR count). The number of carbonyl (C=O) groups is 1. The molecule has 166 valence electrons. The van der Waals surface area contributed by atoms with E-state index in [0.29, 0.717) is 12.3 Å². The van der Waals surface area contributed by atoms with E-state index < -0.39 is 17.7 Å². The number of unbranched alkanes of at least 4 members (excludes halogenated alkanes) is 1. The molecule has 28 heavy (non-hydrogen) atoms. The Morgan fingerprint density at radius 2 is 1.57 bits per heavy atom. The van der Waals surface area contributed by atoms with E-state index >= 15 is 0 Å². The first-order valence-corrected chi connectivity index (χ1v) is 11.5. The fourth-order valence-corrected chi connectivity index (χ4v) is 3.75. The van der Waals surface area contributed by atoms with Gasteiger partial charge in [-0.2, -0.15) is 0 Å². The zero-order valence-corrected chi connectivity index (χ0v) is 19.0. The number of hydrogen-bond acceptors (Lipinski definition) is 3. The summed E-state index contributed by atoms with van der Waals surface area (Å²) in [5.41, 5.74) is -0.483. The number of rotatable bonds is 17. The van der Waals surface area contributed by atoms with E-state index in [2.05, 4.69) is 33.8 Å². The highest BCUT2D eigenvalue weighted by Gasteiger charge is 2.41. The molecule has 0 bridgehead atoms. The first kappa shape index (κ1) is 27.1. The van der Waals surface area contributed by atoms with Crippen LogP contribution in [-0.2, 0) is 4.79 Å². The number of carboxylic acids is 1. The van der Waals surface area contributed by atoms with Gasteiger partial charge in [0.2, 0.25) is 0 Å². The highest BCUT2D eigenvalue weighted by molar-refractivity contribution is 5.77. The summed E-state index contributed by atoms with van der Waals surface area (Å²) in [5.74, 6) is -0.0678. The molecule has 4 atom stereocenters. The van der Waals surface area contributed by atoms with Crippen LogP contribution in [-0.4, -0.2) is 33.0 Å². The van der Waals surface area contributed by atoms with Crippen LogP contribution in [0.15, 0.2) is 11.6 Å². The van der Waals surface area contributed by atoms with Crippen molar-refractivity contribution in [3.8, 4) is 0 Å². The van der Waals surface area contributed by atoms with Crippen molar-refractivity contribution in [1.82, 2.24) is 0 Å². The Morgan fingerprint density at radius 1 is 1.00 bits per heavy atom. The fraction of sp³-hybridized carbons (Fsp3) is 0.875. The molecule has 0 amide bonds. The van der Waals surface area contributed by atoms with Gasteiger partial charge in [0.15, 0.2) is 5.60 Å². The van der Waals surface area contributed by atoms with E-state index in [0.717, 1.165) is 18.8 Å². The van der Waals surface area contributed by atoms with Crippen molar-refractivity contribution in [1.29, 1.82) is 0 Å². The average molecular weight is 399 g/mol. The Balaban J connectivity index is 4.00. The van der Waals surface area contributed by atoms with Crippen LogP contribution >= 0.6 is 0 Å². The van der Waals surface area contributed by atoms with Crippen LogP contribution < -0.4 is 0 Å². The number of carboxylic acid groups (broad SMARTS) is 1. The van der Waals surface area contributed by atoms with Gasteiger partial charge in [-0.15, -0.1) is 0 Å². The minimum Gasteiger partial charge on any atom is -0.479 e. The van der Waals surface area contributed by atoms with Crippen LogP contribution in [0.4, 0.5) is 0 Å². The number of aliphatic hydroxyl groups is 2. The predicted molar refractivity (Wildman–Crippen MR) is 117 cm³/mol. The summed E-state index contributed by atoms with van der Waals surface area (Å²) >= 11 is 0. The van der Waals surface area contributed by atoms with Crippen LogP contribution in [0.5, 0.6) is 0 Å². The van der Waals surface area contributed by atoms with Gasteiger partial charge in [-0.25, -0.2) is 4.79 Å². The molecule has 0 aromatic carbocycles. The molecule has 0 unspecified atom stereocenters. The third-order valence-electron chi connectivity index (χ3n) is 6.03. The molecule has 4 nitrogen and oxygen atoms in total. The molecule has 0 aromatic rings. The quantitative estimate of drug-likeness (QED) is 0.259. The smallest absolute Gasteiger partial charge is 0.338 e. The van der Waals surface area contributed by atoms with Crippen molar-refractivity contribution in [2.75, 3.05) is 0 Å². The third kappa shape index (κ3) is 11.2. The van der Waals surface area contributed by atoms with Crippen molar-refractivity contribution < 1.29 is 20.1 Å². The molecule has 0 aliphatic carbocycles. The van der Waals surface area contributed by atoms with Gasteiger partial charge in [0.25, 0.3) is 0 Å². The third-order valence-corrected chi connectivity index (χ3v) is 6.03. The summed E-state index contributed by atoms with van der Waals surface area (Å²) in [7, 11) is 0. The lowest BCUT2D eigenvalue weighted by atomic mass is 9.86. The lowest BCUT2D eigenvalue weighted by Crippen LogP contribution is -2.49. The first-order valence-electron chi connectivity index (χ1n) is 11.5. The van der Waals surface area contributed by atoms with Crippen molar-refractivity contribution >= 4 is 5.97 Å². The Hall–Kier alpha value is -0.870. The maximum Gasteiger partial charge on any atom is 0.338 e. The second kappa shape index (κ2) is 15.0. The van der Waals surface area contributed by atoms with Gasteiger partial charge >= 0.3 is 5.97 Å². The lowest BCUT2D eigenvalue weighted by molar-refractivity contribution is -0.173. The molecule has 0 saturated carbocycles. The van der Waals surface area contributed by atoms with E-state index in [1.165, 1.54) is 50.5 Å². The Bertz CT molecular complexity index is 446. The van der Waals surface area contributed by atoms with Crippen molar-refractivity contribution in [3.05, 3.63) is 11.6 Å². The van der Waals surface area contributed by atoms with E-state index in [1.807, 2.05) is 0 Å². The minimum absolute atomic E-state index is 0.113. The molecule has 0 aromatic heterocycles. The Labute approximate surface area is 173 Å². The molecule has 0 aliphatic rings. The van der Waals surface area contributed by atoms with Crippen LogP contribution in [0.25, 0.3) is 0 Å². The average Bonchev–Trinajstić information content (AvgIpc) is 2.65. The van der Waals surface area contributed by atoms with Gasteiger partial charge in [0, 0.05) is 0 Å². The summed E-state index contributed by atoms with van der Waals surface area (Å²) < 4.78 is 0. The van der Waals surface area contributed by atoms with Crippen LogP contribution in [0.1, 0.15) is 112 Å². The molecule has 0 spiro atoms. The van der Waals surface area contributed by atoms with Gasteiger partial charge in [-0.1, -0.05) is 71.4 Å². The van der Waals surface area contributed by atoms with Crippen molar-refractivity contribution in [2.24, 2.45) is 11.8 Å². The maximum absolute atomic E-state index is 11.3. The highest BCUT2D eigenvalue weighted by atomic mass is 16.4. The fourth-order valence-electron chi connectivity index (χ4n) is 3.75. The second-order valence-electron chi connectivity index (χ2n) is 8.92. The van der Waals surface area contributed by atoms with Crippen LogP contribution in [0.2, 0.25) is 0 Å². The van der Waals surface area contributed by atoms with E-state index in [4.69, 9.17) is 0 Å². The van der Waals surface area contributed by atoms with Gasteiger partial charge in [-0.3, -0.25) is 0 Å². The summed E-state index contributed by atoms with van der Waals surface area (Å²) in [5, 5.41) is 29.3. The van der Waals surface area contributed by atoms with Crippen molar-refractivity contribution in [2.45, 2.75) is 123 Å². The number of aliphatic hydroxyl groups excluding tert-OH is 1. The minimum atomic E-state index is -2.01. The molecule has 0 radical (unpaired) electrons. The number of hydrogen-bond donors (Lipinski definition) is 3. The molecule has 0 heterocycles. The molecule has 0 aliphatic heterocycles. The Morgan fingerprint density at radius 3 is 2.11 bits per heavy atom. The normalized spacial score (nSPS) is 17.8. The number of aliphatic carboxylic acids is 1. The van der Waals surface area contributed by atoms with Gasteiger partial charge < -0.3 is 15.3 Å². The van der Waals surface area contributed by atoms with Gasteiger partial charge in [0.05, 0.1) is 6.10 Å². The van der Waals surface area contributed by atoms with E-state index in [1.54, 1.807) is 6.92 Å². The van der Waals surface area contributed by atoms with E-state index in [-0.39, 0.29) is 12.8 Å². The molecule has 3 N–H and O–H groups in total. The highest BCUT2D eigenvalue weighted by Crippen LogP contribution is 2.25. The molecule has 0 saturated heterocycles. The van der Waals surface area contributed by atoms with E-state index in [9.17, 15) is 20.1 Å². The molecule has 4 heteroatoms. The van der Waals surface area contributed by atoms with Crippen molar-refractivity contribution in [3.63, 3.8) is 0 Å². The standard InChI is InChI=1S/C24H46O4/c1-6-8-12-19(3)13-9-14-20(4)15-10-16-21(5)17-11-18-24(28,23(26)27)22(25)7-2/h13,20-22,25,28H,6-12,14-18H2,1-5H3,(H,26,27)/b19-13+/t20-,21-,22-,24+/m1/s1. The topological polar surface area (TPSA) is 77.8 Å². The molecular formula is C24H46O4. The van der Waals surface area contributed by atoms with Crippen LogP contribution in [0.3, 0.4) is 0 Å². The second-order valence-corrected chi connectivity index (χ2v) is 8.92. The SMILES string of the molecule is CCCC/C(C)=C/CC[C@@H](C)CCC[C@@H](C)CCC[C@@](O)(C(=O)O)[C@H](O)CC. The largest absolute Gasteiger partial charge is 0.479 e. The predicted octanol–water partition coefficient (Wildman–Crippen LogP) is 6.10. The Kier molecular flexibility index (Phi) is 14.6. The maximum atomic E-state index is 11.3. The zero-order valence-electron chi connectivity index (χ0n) is 19.0. The van der Waals surface area contributed by atoms with Crippen LogP contribution in [0, 0.1) is 11.8 Å². The molecule has 0 fully saturated rings. The summed E-state index contributed by atoms with van der Waals surface area (Å²) in [4.78, 5) is 11.3. The summed E-state index contributed by atoms with van der Waals surface area (Å²) in [6.07, 6.45) is 12.8. The lowest BCUT2D eigenvalue weighted by Gasteiger charge is -2.28. The molecular weight excluding hydrogens is 352 g/mol. The van der Waals surface area contributed by atoms with Gasteiger partial charge in [-0.05, 0) is 63.7 Å². The summed E-state index contributed by atoms with van der Waals surface area (Å²) in [6.45, 7) is 10.7. The van der Waals surface area contributed by atoms with Gasteiger partial charge in [0.1, 0.15) is 0 Å². The number of allylic oxidation sites excluding steroid dienone is 2. The summed E-state index contributed by atoms with van der Waals surface area (Å²) in [6, 6.07) is 0. The zero-order chi connectivity index (χ0) is 21.6. The first-order chi connectivity index (χ1) is 13.2.